The molecule has 1 aromatic heterocycles. The predicted octanol–water partition coefficient (Wildman–Crippen LogP) is 1.66. The van der Waals surface area contributed by atoms with Gasteiger partial charge in [-0.15, -0.1) is 0 Å². The molecule has 0 N–H and O–H groups in total. The number of Topliss-reactive ketones (excluding diaryl/α,β-unsaturated/α-hetero) is 1. The number of carbonyl (C=O) groups excluding carboxylic acids is 1. The van der Waals surface area contributed by atoms with Crippen molar-refractivity contribution >= 4 is 5.78 Å². The van der Waals surface area contributed by atoms with Gasteiger partial charge in [0.2, 0.25) is 0 Å². The van der Waals surface area contributed by atoms with Gasteiger partial charge in [0.15, 0.2) is 5.78 Å². The Labute approximate surface area is 109 Å². The second-order valence-electron chi connectivity index (χ2n) is 5.11. The Morgan fingerprint density at radius 1 is 1.33 bits per heavy atom. The zero-order valence-electron chi connectivity index (χ0n) is 11.3. The van der Waals surface area contributed by atoms with E-state index in [1.807, 2.05) is 32.3 Å². The summed E-state index contributed by atoms with van der Waals surface area (Å²) in [4.78, 5) is 14.2. The first-order valence-corrected chi connectivity index (χ1v) is 6.67. The van der Waals surface area contributed by atoms with E-state index in [1.165, 1.54) is 0 Å². The van der Waals surface area contributed by atoms with Crippen LogP contribution in [0.1, 0.15) is 24.2 Å². The van der Waals surface area contributed by atoms with Gasteiger partial charge in [0.05, 0.1) is 13.2 Å². The third kappa shape index (κ3) is 3.43. The highest BCUT2D eigenvalue weighted by Crippen LogP contribution is 2.09. The summed E-state index contributed by atoms with van der Waals surface area (Å²) < 4.78 is 7.42. The van der Waals surface area contributed by atoms with Crippen LogP contribution in [0.25, 0.3) is 0 Å². The summed E-state index contributed by atoms with van der Waals surface area (Å²) in [6.45, 7) is 9.53. The van der Waals surface area contributed by atoms with Gasteiger partial charge in [-0.25, -0.2) is 0 Å². The number of rotatable bonds is 5. The lowest BCUT2D eigenvalue weighted by Gasteiger charge is -2.26. The molecule has 0 spiro atoms. The van der Waals surface area contributed by atoms with Crippen molar-refractivity contribution < 1.29 is 9.53 Å². The van der Waals surface area contributed by atoms with Gasteiger partial charge in [0.25, 0.3) is 0 Å². The highest BCUT2D eigenvalue weighted by atomic mass is 16.5. The minimum Gasteiger partial charge on any atom is -0.379 e. The maximum atomic E-state index is 11.8. The summed E-state index contributed by atoms with van der Waals surface area (Å²) in [6.07, 6.45) is 3.96. The van der Waals surface area contributed by atoms with E-state index in [0.29, 0.717) is 0 Å². The zero-order valence-corrected chi connectivity index (χ0v) is 11.3. The number of aromatic nitrogens is 1. The molecule has 1 aliphatic rings. The molecule has 0 saturated carbocycles. The summed E-state index contributed by atoms with van der Waals surface area (Å²) in [7, 11) is 0. The third-order valence-electron chi connectivity index (χ3n) is 3.34. The molecular formula is C14H22N2O2. The lowest BCUT2D eigenvalue weighted by Crippen LogP contribution is -2.38. The summed E-state index contributed by atoms with van der Waals surface area (Å²) in [6, 6.07) is 1.92. The molecule has 1 fully saturated rings. The van der Waals surface area contributed by atoms with Crippen LogP contribution in [0.4, 0.5) is 0 Å². The van der Waals surface area contributed by atoms with E-state index in [9.17, 15) is 4.79 Å². The number of hydrogen-bond donors (Lipinski definition) is 0. The number of ether oxygens (including phenoxy) is 1. The van der Waals surface area contributed by atoms with E-state index in [2.05, 4.69) is 9.47 Å². The molecule has 1 aromatic rings. The second kappa shape index (κ2) is 6.16. The SMILES string of the molecule is CC(C)C(=O)c1ccn(CCN2CCOCC2)c1. The van der Waals surface area contributed by atoms with Gasteiger partial charge in [-0.2, -0.15) is 0 Å². The first kappa shape index (κ1) is 13.3. The molecule has 1 aliphatic heterocycles. The molecule has 4 heteroatoms. The van der Waals surface area contributed by atoms with Crippen LogP contribution < -0.4 is 0 Å². The molecule has 0 aliphatic carbocycles. The van der Waals surface area contributed by atoms with Crippen LogP contribution in [0.2, 0.25) is 0 Å². The van der Waals surface area contributed by atoms with Crippen molar-refractivity contribution in [1.82, 2.24) is 9.47 Å². The summed E-state index contributed by atoms with van der Waals surface area (Å²) >= 11 is 0. The number of ketones is 1. The van der Waals surface area contributed by atoms with Crippen molar-refractivity contribution in [2.75, 3.05) is 32.8 Å². The molecule has 18 heavy (non-hydrogen) atoms. The summed E-state index contributed by atoms with van der Waals surface area (Å²) in [5.74, 6) is 0.292. The fourth-order valence-corrected chi connectivity index (χ4v) is 2.14. The van der Waals surface area contributed by atoms with Crippen LogP contribution in [0.3, 0.4) is 0 Å². The van der Waals surface area contributed by atoms with E-state index in [-0.39, 0.29) is 11.7 Å². The van der Waals surface area contributed by atoms with E-state index < -0.39 is 0 Å². The second-order valence-corrected chi connectivity index (χ2v) is 5.11. The molecule has 0 aromatic carbocycles. The number of hydrogen-bond acceptors (Lipinski definition) is 3. The summed E-state index contributed by atoms with van der Waals surface area (Å²) in [5, 5.41) is 0. The van der Waals surface area contributed by atoms with E-state index in [0.717, 1.165) is 45.0 Å². The van der Waals surface area contributed by atoms with Crippen molar-refractivity contribution in [1.29, 1.82) is 0 Å². The third-order valence-corrected chi connectivity index (χ3v) is 3.34. The highest BCUT2D eigenvalue weighted by Gasteiger charge is 2.13. The maximum Gasteiger partial charge on any atom is 0.166 e. The predicted molar refractivity (Wildman–Crippen MR) is 70.9 cm³/mol. The normalized spacial score (nSPS) is 17.3. The largest absolute Gasteiger partial charge is 0.379 e. The highest BCUT2D eigenvalue weighted by molar-refractivity contribution is 5.97. The standard InChI is InChI=1S/C14H22N2O2/c1-12(2)14(17)13-3-4-16(11-13)6-5-15-7-9-18-10-8-15/h3-4,11-12H,5-10H2,1-2H3. The molecule has 0 atom stereocenters. The summed E-state index contributed by atoms with van der Waals surface area (Å²) in [5.41, 5.74) is 0.826. The molecule has 0 amide bonds. The Kier molecular flexibility index (Phi) is 4.55. The quantitative estimate of drug-likeness (QED) is 0.745. The Morgan fingerprint density at radius 3 is 2.72 bits per heavy atom. The first-order chi connectivity index (χ1) is 8.66. The fourth-order valence-electron chi connectivity index (χ4n) is 2.14. The van der Waals surface area contributed by atoms with Gasteiger partial charge in [-0.3, -0.25) is 9.69 Å². The number of nitrogens with zero attached hydrogens (tertiary/aromatic N) is 2. The van der Waals surface area contributed by atoms with Crippen LogP contribution in [0, 0.1) is 5.92 Å². The van der Waals surface area contributed by atoms with E-state index in [1.54, 1.807) is 0 Å². The molecule has 1 saturated heterocycles. The zero-order chi connectivity index (χ0) is 13.0. The van der Waals surface area contributed by atoms with Gasteiger partial charge >= 0.3 is 0 Å². The topological polar surface area (TPSA) is 34.5 Å². The molecule has 100 valence electrons. The Morgan fingerprint density at radius 2 is 2.06 bits per heavy atom. The van der Waals surface area contributed by atoms with E-state index >= 15 is 0 Å². The van der Waals surface area contributed by atoms with Crippen LogP contribution in [-0.2, 0) is 11.3 Å². The number of carbonyl (C=O) groups is 1. The Hall–Kier alpha value is -1.13. The average molecular weight is 250 g/mol. The molecule has 2 rings (SSSR count). The molecule has 0 radical (unpaired) electrons. The smallest absolute Gasteiger partial charge is 0.166 e. The molecule has 0 unspecified atom stereocenters. The lowest BCUT2D eigenvalue weighted by molar-refractivity contribution is 0.0364. The maximum absolute atomic E-state index is 11.8. The Bertz CT molecular complexity index is 392. The van der Waals surface area contributed by atoms with Gasteiger partial charge in [-0.1, -0.05) is 13.8 Å². The Balaban J connectivity index is 1.84. The van der Waals surface area contributed by atoms with Gasteiger partial charge in [0, 0.05) is 50.1 Å². The number of morpholine rings is 1. The van der Waals surface area contributed by atoms with Gasteiger partial charge < -0.3 is 9.30 Å². The van der Waals surface area contributed by atoms with Gasteiger partial charge in [-0.05, 0) is 6.07 Å². The van der Waals surface area contributed by atoms with Crippen molar-refractivity contribution in [3.05, 3.63) is 24.0 Å². The van der Waals surface area contributed by atoms with E-state index in [4.69, 9.17) is 4.74 Å². The van der Waals surface area contributed by atoms with Crippen molar-refractivity contribution in [3.8, 4) is 0 Å². The fraction of sp³-hybridized carbons (Fsp3) is 0.643. The molecular weight excluding hydrogens is 228 g/mol. The molecule has 0 bridgehead atoms. The average Bonchev–Trinajstić information content (AvgIpc) is 2.85. The van der Waals surface area contributed by atoms with Crippen LogP contribution in [-0.4, -0.2) is 48.1 Å². The molecule has 4 nitrogen and oxygen atoms in total. The lowest BCUT2D eigenvalue weighted by atomic mass is 10.0. The monoisotopic (exact) mass is 250 g/mol. The van der Waals surface area contributed by atoms with Crippen LogP contribution in [0.15, 0.2) is 18.5 Å². The van der Waals surface area contributed by atoms with Crippen LogP contribution >= 0.6 is 0 Å². The van der Waals surface area contributed by atoms with Crippen LogP contribution in [0.5, 0.6) is 0 Å². The van der Waals surface area contributed by atoms with Crippen molar-refractivity contribution in [2.45, 2.75) is 20.4 Å². The first-order valence-electron chi connectivity index (χ1n) is 6.67. The minimum atomic E-state index is 0.0695. The van der Waals surface area contributed by atoms with Crippen molar-refractivity contribution in [2.24, 2.45) is 5.92 Å². The van der Waals surface area contributed by atoms with Crippen molar-refractivity contribution in [3.63, 3.8) is 0 Å². The minimum absolute atomic E-state index is 0.0695. The molecule has 2 heterocycles. The van der Waals surface area contributed by atoms with Gasteiger partial charge in [0.1, 0.15) is 0 Å².